The number of aliphatic hydroxyl groups is 1. The second-order valence-electron chi connectivity index (χ2n) is 3.39. The highest BCUT2D eigenvalue weighted by atomic mass is 16.3. The van der Waals surface area contributed by atoms with Crippen LogP contribution in [0.15, 0.2) is 24.3 Å². The average molecular weight is 208 g/mol. The first-order chi connectivity index (χ1) is 7.13. The average Bonchev–Trinajstić information content (AvgIpc) is 2.26. The van der Waals surface area contributed by atoms with Gasteiger partial charge in [-0.25, -0.2) is 0 Å². The van der Waals surface area contributed by atoms with Gasteiger partial charge in [0.05, 0.1) is 6.10 Å². The molecule has 4 heteroatoms. The molecule has 1 rings (SSSR count). The quantitative estimate of drug-likeness (QED) is 0.675. The van der Waals surface area contributed by atoms with E-state index in [0.29, 0.717) is 18.5 Å². The van der Waals surface area contributed by atoms with E-state index in [9.17, 15) is 9.90 Å². The van der Waals surface area contributed by atoms with E-state index >= 15 is 0 Å². The van der Waals surface area contributed by atoms with Crippen molar-refractivity contribution >= 4 is 11.6 Å². The molecule has 1 atom stereocenters. The lowest BCUT2D eigenvalue weighted by Gasteiger charge is -2.10. The fourth-order valence-electron chi connectivity index (χ4n) is 1.16. The first-order valence-corrected chi connectivity index (χ1v) is 4.95. The third-order valence-corrected chi connectivity index (χ3v) is 2.16. The van der Waals surface area contributed by atoms with E-state index in [1.165, 1.54) is 0 Å². The van der Waals surface area contributed by atoms with Crippen LogP contribution in [0.25, 0.3) is 0 Å². The maximum absolute atomic E-state index is 10.9. The Hall–Kier alpha value is -1.55. The second kappa shape index (κ2) is 5.36. The molecule has 0 spiro atoms. The fraction of sp³-hybridized carbons (Fsp3) is 0.364. The van der Waals surface area contributed by atoms with Crippen LogP contribution in [0.2, 0.25) is 0 Å². The van der Waals surface area contributed by atoms with Gasteiger partial charge in [0, 0.05) is 17.8 Å². The van der Waals surface area contributed by atoms with E-state index in [-0.39, 0.29) is 6.10 Å². The van der Waals surface area contributed by atoms with Crippen molar-refractivity contribution in [3.63, 3.8) is 0 Å². The number of hydrogen-bond acceptors (Lipinski definition) is 3. The number of carbonyl (C=O) groups excluding carboxylic acids is 1. The van der Waals surface area contributed by atoms with Crippen molar-refractivity contribution in [1.82, 2.24) is 0 Å². The molecule has 1 aromatic rings. The molecule has 0 aromatic heterocycles. The zero-order valence-electron chi connectivity index (χ0n) is 8.73. The molecule has 15 heavy (non-hydrogen) atoms. The Labute approximate surface area is 89.1 Å². The van der Waals surface area contributed by atoms with Gasteiger partial charge in [-0.15, -0.1) is 0 Å². The molecular formula is C11H16N2O2. The predicted molar refractivity (Wildman–Crippen MR) is 59.7 cm³/mol. The molecule has 82 valence electrons. The summed E-state index contributed by atoms with van der Waals surface area (Å²) in [4.78, 5) is 10.9. The number of carbonyl (C=O) groups is 1. The van der Waals surface area contributed by atoms with Crippen LogP contribution in [0.5, 0.6) is 0 Å². The minimum Gasteiger partial charge on any atom is -0.391 e. The molecule has 0 bridgehead atoms. The summed E-state index contributed by atoms with van der Waals surface area (Å²) in [6.07, 6.45) is 0.324. The third kappa shape index (κ3) is 3.59. The Morgan fingerprint density at radius 1 is 1.60 bits per heavy atom. The molecule has 0 aliphatic carbocycles. The summed E-state index contributed by atoms with van der Waals surface area (Å²) < 4.78 is 0. The van der Waals surface area contributed by atoms with Gasteiger partial charge in [0.25, 0.3) is 0 Å². The van der Waals surface area contributed by atoms with E-state index in [1.54, 1.807) is 18.2 Å². The first kappa shape index (κ1) is 11.5. The molecule has 0 saturated heterocycles. The zero-order valence-corrected chi connectivity index (χ0v) is 8.73. The smallest absolute Gasteiger partial charge is 0.248 e. The highest BCUT2D eigenvalue weighted by Gasteiger charge is 2.03. The number of rotatable bonds is 5. The van der Waals surface area contributed by atoms with Gasteiger partial charge in [0.1, 0.15) is 0 Å². The molecule has 0 saturated carbocycles. The second-order valence-corrected chi connectivity index (χ2v) is 3.39. The highest BCUT2D eigenvalue weighted by molar-refractivity contribution is 5.93. The van der Waals surface area contributed by atoms with Crippen LogP contribution in [0.3, 0.4) is 0 Å². The Kier molecular flexibility index (Phi) is 4.12. The molecule has 0 radical (unpaired) electrons. The van der Waals surface area contributed by atoms with Crippen molar-refractivity contribution in [1.29, 1.82) is 0 Å². The number of anilines is 1. The SMILES string of the molecule is CCC(O)CNc1cccc(C(N)=O)c1. The number of amides is 1. The van der Waals surface area contributed by atoms with E-state index in [1.807, 2.05) is 13.0 Å². The fourth-order valence-corrected chi connectivity index (χ4v) is 1.16. The van der Waals surface area contributed by atoms with Crippen LogP contribution in [0.1, 0.15) is 23.7 Å². The van der Waals surface area contributed by atoms with Gasteiger partial charge in [-0.2, -0.15) is 0 Å². The van der Waals surface area contributed by atoms with Crippen LogP contribution in [-0.2, 0) is 0 Å². The number of primary amides is 1. The van der Waals surface area contributed by atoms with E-state index in [4.69, 9.17) is 5.73 Å². The van der Waals surface area contributed by atoms with Crippen LogP contribution in [0, 0.1) is 0 Å². The van der Waals surface area contributed by atoms with Crippen molar-refractivity contribution in [2.75, 3.05) is 11.9 Å². The highest BCUT2D eigenvalue weighted by Crippen LogP contribution is 2.10. The van der Waals surface area contributed by atoms with Gasteiger partial charge in [0.2, 0.25) is 5.91 Å². The van der Waals surface area contributed by atoms with Crippen LogP contribution in [-0.4, -0.2) is 23.7 Å². The molecule has 1 aromatic carbocycles. The van der Waals surface area contributed by atoms with E-state index in [0.717, 1.165) is 5.69 Å². The minimum absolute atomic E-state index is 0.373. The van der Waals surface area contributed by atoms with Crippen molar-refractivity contribution in [2.24, 2.45) is 5.73 Å². The molecular weight excluding hydrogens is 192 g/mol. The molecule has 1 unspecified atom stereocenters. The van der Waals surface area contributed by atoms with Crippen molar-refractivity contribution in [3.8, 4) is 0 Å². The number of nitrogens with one attached hydrogen (secondary N) is 1. The van der Waals surface area contributed by atoms with Crippen LogP contribution < -0.4 is 11.1 Å². The lowest BCUT2D eigenvalue weighted by Crippen LogP contribution is -2.18. The molecule has 0 fully saturated rings. The zero-order chi connectivity index (χ0) is 11.3. The summed E-state index contributed by atoms with van der Waals surface area (Å²) in [5.74, 6) is -0.449. The minimum atomic E-state index is -0.449. The molecule has 0 aliphatic heterocycles. The van der Waals surface area contributed by atoms with E-state index in [2.05, 4.69) is 5.32 Å². The normalized spacial score (nSPS) is 12.1. The van der Waals surface area contributed by atoms with E-state index < -0.39 is 5.91 Å². The van der Waals surface area contributed by atoms with Gasteiger partial charge < -0.3 is 16.2 Å². The maximum atomic E-state index is 10.9. The number of hydrogen-bond donors (Lipinski definition) is 3. The Bertz CT molecular complexity index is 339. The van der Waals surface area contributed by atoms with Gasteiger partial charge >= 0.3 is 0 Å². The molecule has 4 N–H and O–H groups in total. The third-order valence-electron chi connectivity index (χ3n) is 2.16. The lowest BCUT2D eigenvalue weighted by molar-refractivity contribution is 0.100. The van der Waals surface area contributed by atoms with Gasteiger partial charge in [-0.3, -0.25) is 4.79 Å². The molecule has 4 nitrogen and oxygen atoms in total. The van der Waals surface area contributed by atoms with Crippen LogP contribution >= 0.6 is 0 Å². The summed E-state index contributed by atoms with van der Waals surface area (Å²) in [6, 6.07) is 6.91. The Balaban J connectivity index is 2.62. The Morgan fingerprint density at radius 3 is 2.93 bits per heavy atom. The summed E-state index contributed by atoms with van der Waals surface area (Å²) >= 11 is 0. The molecule has 0 aliphatic rings. The van der Waals surface area contributed by atoms with Gasteiger partial charge in [0.15, 0.2) is 0 Å². The number of benzene rings is 1. The van der Waals surface area contributed by atoms with Gasteiger partial charge in [-0.05, 0) is 24.6 Å². The summed E-state index contributed by atoms with van der Waals surface area (Å²) in [6.45, 7) is 2.38. The number of aliphatic hydroxyl groups excluding tert-OH is 1. The van der Waals surface area contributed by atoms with Crippen LogP contribution in [0.4, 0.5) is 5.69 Å². The molecule has 1 amide bonds. The molecule has 0 heterocycles. The summed E-state index contributed by atoms with van der Waals surface area (Å²) in [5, 5.41) is 12.4. The van der Waals surface area contributed by atoms with Gasteiger partial charge in [-0.1, -0.05) is 13.0 Å². The largest absolute Gasteiger partial charge is 0.391 e. The predicted octanol–water partition coefficient (Wildman–Crippen LogP) is 0.968. The standard InChI is InChI=1S/C11H16N2O2/c1-2-10(14)7-13-9-5-3-4-8(6-9)11(12)15/h3-6,10,13-14H,2,7H2,1H3,(H2,12,15). The summed E-state index contributed by atoms with van der Waals surface area (Å²) in [5.41, 5.74) is 6.40. The van der Waals surface area contributed by atoms with Crippen molar-refractivity contribution in [3.05, 3.63) is 29.8 Å². The maximum Gasteiger partial charge on any atom is 0.248 e. The topological polar surface area (TPSA) is 75.3 Å². The number of nitrogens with two attached hydrogens (primary N) is 1. The van der Waals surface area contributed by atoms with Crippen molar-refractivity contribution < 1.29 is 9.90 Å². The summed E-state index contributed by atoms with van der Waals surface area (Å²) in [7, 11) is 0. The first-order valence-electron chi connectivity index (χ1n) is 4.95. The van der Waals surface area contributed by atoms with Crippen molar-refractivity contribution in [2.45, 2.75) is 19.4 Å². The monoisotopic (exact) mass is 208 g/mol. The Morgan fingerprint density at radius 2 is 2.33 bits per heavy atom. The lowest BCUT2D eigenvalue weighted by atomic mass is 10.2.